The van der Waals surface area contributed by atoms with Gasteiger partial charge in [-0.3, -0.25) is 4.79 Å². The van der Waals surface area contributed by atoms with E-state index in [1.165, 1.54) is 6.07 Å². The number of hydrogen-bond acceptors (Lipinski definition) is 3. The predicted molar refractivity (Wildman–Crippen MR) is 84.6 cm³/mol. The number of rotatable bonds is 5. The van der Waals surface area contributed by atoms with Crippen LogP contribution in [0.1, 0.15) is 43.0 Å². The van der Waals surface area contributed by atoms with Gasteiger partial charge in [-0.25, -0.2) is 4.79 Å². The molecule has 0 spiro atoms. The van der Waals surface area contributed by atoms with Gasteiger partial charge < -0.3 is 15.7 Å². The molecule has 1 aliphatic heterocycles. The molecule has 1 aliphatic rings. The molecule has 3 N–H and O–H groups in total. The van der Waals surface area contributed by atoms with Crippen LogP contribution >= 0.6 is 15.9 Å². The second-order valence-electron chi connectivity index (χ2n) is 5.31. The van der Waals surface area contributed by atoms with E-state index in [4.69, 9.17) is 0 Å². The fourth-order valence-corrected chi connectivity index (χ4v) is 3.16. The van der Waals surface area contributed by atoms with Crippen LogP contribution in [0.2, 0.25) is 0 Å². The minimum absolute atomic E-state index is 0.0855. The van der Waals surface area contributed by atoms with Gasteiger partial charge in [0.15, 0.2) is 0 Å². The van der Waals surface area contributed by atoms with E-state index in [1.54, 1.807) is 12.1 Å². The number of halogens is 1. The molecule has 1 fully saturated rings. The Morgan fingerprint density at radius 2 is 2.24 bits per heavy atom. The summed E-state index contributed by atoms with van der Waals surface area (Å²) >= 11 is 3.24. The lowest BCUT2D eigenvalue weighted by molar-refractivity contribution is -0.122. The number of amides is 1. The summed E-state index contributed by atoms with van der Waals surface area (Å²) in [6, 6.07) is 4.82. The largest absolute Gasteiger partial charge is 0.478 e. The van der Waals surface area contributed by atoms with Gasteiger partial charge in [0.2, 0.25) is 5.91 Å². The summed E-state index contributed by atoms with van der Waals surface area (Å²) in [6.45, 7) is 2.86. The Labute approximate surface area is 132 Å². The number of carbonyl (C=O) groups excluding carboxylic acids is 1. The first kappa shape index (κ1) is 16.0. The van der Waals surface area contributed by atoms with Gasteiger partial charge in [-0.15, -0.1) is 0 Å². The van der Waals surface area contributed by atoms with Crippen molar-refractivity contribution in [2.75, 3.05) is 11.9 Å². The van der Waals surface area contributed by atoms with Gasteiger partial charge in [-0.05, 0) is 44.0 Å². The molecule has 1 saturated heterocycles. The summed E-state index contributed by atoms with van der Waals surface area (Å²) in [7, 11) is 0. The molecule has 2 rings (SSSR count). The molecule has 1 atom stereocenters. The monoisotopic (exact) mass is 354 g/mol. The average Bonchev–Trinajstić information content (AvgIpc) is 2.91. The molecule has 0 radical (unpaired) electrons. The van der Waals surface area contributed by atoms with Crippen LogP contribution in [0.3, 0.4) is 0 Å². The number of hydrogen-bond donors (Lipinski definition) is 3. The van der Waals surface area contributed by atoms with Gasteiger partial charge >= 0.3 is 5.97 Å². The third-order valence-corrected chi connectivity index (χ3v) is 4.31. The molecule has 0 saturated carbocycles. The summed E-state index contributed by atoms with van der Waals surface area (Å²) in [5.74, 6) is -1.21. The van der Waals surface area contributed by atoms with Crippen molar-refractivity contribution in [1.29, 1.82) is 0 Å². The van der Waals surface area contributed by atoms with E-state index in [0.717, 1.165) is 32.2 Å². The molecule has 1 amide bonds. The van der Waals surface area contributed by atoms with E-state index < -0.39 is 11.5 Å². The summed E-state index contributed by atoms with van der Waals surface area (Å²) in [5, 5.41) is 15.3. The Morgan fingerprint density at radius 3 is 2.81 bits per heavy atom. The molecule has 6 heteroatoms. The van der Waals surface area contributed by atoms with Crippen molar-refractivity contribution in [3.63, 3.8) is 0 Å². The zero-order chi connectivity index (χ0) is 15.5. The molecular formula is C15H19BrN2O3. The smallest absolute Gasteiger partial charge is 0.337 e. The van der Waals surface area contributed by atoms with Crippen molar-refractivity contribution < 1.29 is 14.7 Å². The molecule has 1 heterocycles. The molecule has 1 aromatic rings. The van der Waals surface area contributed by atoms with E-state index >= 15 is 0 Å². The second kappa shape index (κ2) is 6.58. The Balaban J connectivity index is 2.25. The minimum atomic E-state index is -1.06. The summed E-state index contributed by atoms with van der Waals surface area (Å²) in [6.07, 6.45) is 3.38. The molecule has 0 aromatic heterocycles. The number of carboxylic acids is 1. The molecule has 0 aliphatic carbocycles. The van der Waals surface area contributed by atoms with Gasteiger partial charge in [0, 0.05) is 4.47 Å². The fourth-order valence-electron chi connectivity index (χ4n) is 2.80. The first-order valence-corrected chi connectivity index (χ1v) is 7.87. The Bertz CT molecular complexity index is 554. The lowest BCUT2D eigenvalue weighted by Gasteiger charge is -2.28. The molecule has 5 nitrogen and oxygen atoms in total. The van der Waals surface area contributed by atoms with Gasteiger partial charge in [-0.1, -0.05) is 29.3 Å². The van der Waals surface area contributed by atoms with Crippen molar-refractivity contribution in [3.05, 3.63) is 28.2 Å². The van der Waals surface area contributed by atoms with Crippen molar-refractivity contribution in [2.45, 2.75) is 38.1 Å². The highest BCUT2D eigenvalue weighted by Crippen LogP contribution is 2.28. The summed E-state index contributed by atoms with van der Waals surface area (Å²) in [5.41, 5.74) is -0.153. The van der Waals surface area contributed by atoms with Crippen LogP contribution in [0.5, 0.6) is 0 Å². The number of carboxylic acid groups (broad SMARTS) is 1. The van der Waals surface area contributed by atoms with Crippen molar-refractivity contribution >= 4 is 33.5 Å². The van der Waals surface area contributed by atoms with E-state index in [2.05, 4.69) is 26.6 Å². The highest BCUT2D eigenvalue weighted by atomic mass is 79.9. The Hall–Kier alpha value is -1.40. The van der Waals surface area contributed by atoms with Gasteiger partial charge in [0.25, 0.3) is 0 Å². The average molecular weight is 355 g/mol. The molecule has 1 aromatic carbocycles. The predicted octanol–water partition coefficient (Wildman–Crippen LogP) is 3.01. The lowest BCUT2D eigenvalue weighted by atomic mass is 9.90. The van der Waals surface area contributed by atoms with Gasteiger partial charge in [-0.2, -0.15) is 0 Å². The quantitative estimate of drug-likeness (QED) is 0.759. The van der Waals surface area contributed by atoms with E-state index in [-0.39, 0.29) is 11.5 Å². The molecule has 1 unspecified atom stereocenters. The molecular weight excluding hydrogens is 336 g/mol. The SMILES string of the molecule is CCCC1(C(=O)Nc2ccc(Br)cc2C(=O)O)CCCN1. The van der Waals surface area contributed by atoms with Crippen molar-refractivity contribution in [3.8, 4) is 0 Å². The van der Waals surface area contributed by atoms with Gasteiger partial charge in [0.05, 0.1) is 16.8 Å². The number of benzene rings is 1. The van der Waals surface area contributed by atoms with E-state index in [9.17, 15) is 14.7 Å². The number of aromatic carboxylic acids is 1. The maximum absolute atomic E-state index is 12.6. The van der Waals surface area contributed by atoms with Crippen LogP contribution in [-0.2, 0) is 4.79 Å². The highest BCUT2D eigenvalue weighted by Gasteiger charge is 2.40. The second-order valence-corrected chi connectivity index (χ2v) is 6.23. The third kappa shape index (κ3) is 3.44. The topological polar surface area (TPSA) is 78.4 Å². The molecule has 21 heavy (non-hydrogen) atoms. The van der Waals surface area contributed by atoms with Crippen LogP contribution in [0.15, 0.2) is 22.7 Å². The summed E-state index contributed by atoms with van der Waals surface area (Å²) < 4.78 is 0.667. The summed E-state index contributed by atoms with van der Waals surface area (Å²) in [4.78, 5) is 23.9. The maximum Gasteiger partial charge on any atom is 0.337 e. The highest BCUT2D eigenvalue weighted by molar-refractivity contribution is 9.10. The van der Waals surface area contributed by atoms with E-state index in [1.807, 2.05) is 6.92 Å². The van der Waals surface area contributed by atoms with Crippen LogP contribution in [0.4, 0.5) is 5.69 Å². The number of anilines is 1. The number of carbonyl (C=O) groups is 2. The maximum atomic E-state index is 12.6. The fraction of sp³-hybridized carbons (Fsp3) is 0.467. The molecule has 114 valence electrons. The van der Waals surface area contributed by atoms with Crippen LogP contribution < -0.4 is 10.6 Å². The Kier molecular flexibility index (Phi) is 5.00. The number of nitrogens with one attached hydrogen (secondary N) is 2. The van der Waals surface area contributed by atoms with Crippen molar-refractivity contribution in [1.82, 2.24) is 5.32 Å². The van der Waals surface area contributed by atoms with Crippen LogP contribution in [0, 0.1) is 0 Å². The van der Waals surface area contributed by atoms with Crippen molar-refractivity contribution in [2.24, 2.45) is 0 Å². The van der Waals surface area contributed by atoms with Crippen LogP contribution in [0.25, 0.3) is 0 Å². The lowest BCUT2D eigenvalue weighted by Crippen LogP contribution is -2.50. The third-order valence-electron chi connectivity index (χ3n) is 3.82. The Morgan fingerprint density at radius 1 is 1.48 bits per heavy atom. The standard InChI is InChI=1S/C15H19BrN2O3/c1-2-6-15(7-3-8-17-15)14(21)18-12-5-4-10(16)9-11(12)13(19)20/h4-5,9,17H,2-3,6-8H2,1H3,(H,18,21)(H,19,20). The van der Waals surface area contributed by atoms with E-state index in [0.29, 0.717) is 10.2 Å². The first-order chi connectivity index (χ1) is 9.98. The van der Waals surface area contributed by atoms with Crippen LogP contribution in [-0.4, -0.2) is 29.1 Å². The zero-order valence-corrected chi connectivity index (χ0v) is 13.5. The zero-order valence-electron chi connectivity index (χ0n) is 11.9. The first-order valence-electron chi connectivity index (χ1n) is 7.08. The molecule has 0 bridgehead atoms. The van der Waals surface area contributed by atoms with Gasteiger partial charge in [0.1, 0.15) is 0 Å². The minimum Gasteiger partial charge on any atom is -0.478 e. The normalized spacial score (nSPS) is 21.2.